The van der Waals surface area contributed by atoms with Crippen molar-refractivity contribution in [2.45, 2.75) is 38.1 Å². The van der Waals surface area contributed by atoms with Crippen LogP contribution >= 0.6 is 23.1 Å². The topological polar surface area (TPSA) is 63.1 Å². The SMILES string of the molecule is CCc1ccc(-c2c(C)sc3ncnc(SCCCC(=O)O)c23)cc1. The van der Waals surface area contributed by atoms with Gasteiger partial charge in [-0.1, -0.05) is 31.2 Å². The molecule has 0 saturated heterocycles. The average molecular weight is 373 g/mol. The average Bonchev–Trinajstić information content (AvgIpc) is 2.95. The van der Waals surface area contributed by atoms with Crippen molar-refractivity contribution < 1.29 is 9.90 Å². The van der Waals surface area contributed by atoms with Gasteiger partial charge in [0.05, 0.1) is 5.39 Å². The van der Waals surface area contributed by atoms with Crippen LogP contribution in [0, 0.1) is 6.92 Å². The Bertz CT molecular complexity index is 888. The van der Waals surface area contributed by atoms with Crippen molar-refractivity contribution in [2.75, 3.05) is 5.75 Å². The molecule has 3 rings (SSSR count). The molecule has 0 aliphatic carbocycles. The number of nitrogens with zero attached hydrogens (tertiary/aromatic N) is 2. The van der Waals surface area contributed by atoms with E-state index in [4.69, 9.17) is 5.11 Å². The Labute approximate surface area is 155 Å². The van der Waals surface area contributed by atoms with E-state index in [1.54, 1.807) is 29.4 Å². The molecule has 0 fully saturated rings. The molecule has 2 aromatic heterocycles. The van der Waals surface area contributed by atoms with Crippen molar-refractivity contribution in [3.05, 3.63) is 41.0 Å². The van der Waals surface area contributed by atoms with Crippen molar-refractivity contribution in [2.24, 2.45) is 0 Å². The zero-order valence-corrected chi connectivity index (χ0v) is 15.9. The summed E-state index contributed by atoms with van der Waals surface area (Å²) < 4.78 is 0. The highest BCUT2D eigenvalue weighted by molar-refractivity contribution is 7.99. The van der Waals surface area contributed by atoms with Crippen LogP contribution in [0.15, 0.2) is 35.6 Å². The van der Waals surface area contributed by atoms with Crippen LogP contribution in [-0.2, 0) is 11.2 Å². The molecule has 0 atom stereocenters. The van der Waals surface area contributed by atoms with Gasteiger partial charge in [-0.15, -0.1) is 23.1 Å². The van der Waals surface area contributed by atoms with Gasteiger partial charge < -0.3 is 5.11 Å². The third kappa shape index (κ3) is 4.02. The van der Waals surface area contributed by atoms with Crippen LogP contribution in [0.25, 0.3) is 21.3 Å². The third-order valence-corrected chi connectivity index (χ3v) is 6.14. The maximum atomic E-state index is 10.7. The van der Waals surface area contributed by atoms with E-state index in [-0.39, 0.29) is 6.42 Å². The fourth-order valence-electron chi connectivity index (χ4n) is 2.77. The van der Waals surface area contributed by atoms with Crippen molar-refractivity contribution in [3.63, 3.8) is 0 Å². The molecular formula is C19H20N2O2S2. The predicted octanol–water partition coefficient (Wildman–Crippen LogP) is 5.19. The fraction of sp³-hybridized carbons (Fsp3) is 0.316. The Hall–Kier alpha value is -1.92. The number of aryl methyl sites for hydroxylation is 2. The summed E-state index contributed by atoms with van der Waals surface area (Å²) in [7, 11) is 0. The number of carbonyl (C=O) groups is 1. The summed E-state index contributed by atoms with van der Waals surface area (Å²) in [5.41, 5.74) is 3.70. The summed E-state index contributed by atoms with van der Waals surface area (Å²) in [6.45, 7) is 4.27. The smallest absolute Gasteiger partial charge is 0.303 e. The zero-order chi connectivity index (χ0) is 17.8. The molecule has 6 heteroatoms. The molecule has 0 unspecified atom stereocenters. The summed E-state index contributed by atoms with van der Waals surface area (Å²) in [6, 6.07) is 8.67. The molecule has 2 heterocycles. The molecule has 1 N–H and O–H groups in total. The van der Waals surface area contributed by atoms with E-state index in [1.807, 2.05) is 0 Å². The number of carboxylic acid groups (broad SMARTS) is 1. The second-order valence-electron chi connectivity index (χ2n) is 5.79. The highest BCUT2D eigenvalue weighted by Gasteiger charge is 2.17. The molecule has 130 valence electrons. The summed E-state index contributed by atoms with van der Waals surface area (Å²) in [6.07, 6.45) is 3.45. The lowest BCUT2D eigenvalue weighted by Gasteiger charge is -2.07. The first-order chi connectivity index (χ1) is 12.1. The van der Waals surface area contributed by atoms with Gasteiger partial charge in [-0.25, -0.2) is 9.97 Å². The van der Waals surface area contributed by atoms with Gasteiger partial charge in [0.25, 0.3) is 0 Å². The maximum Gasteiger partial charge on any atom is 0.303 e. The lowest BCUT2D eigenvalue weighted by molar-refractivity contribution is -0.137. The molecule has 0 aliphatic heterocycles. The molecule has 4 nitrogen and oxygen atoms in total. The number of aromatic nitrogens is 2. The number of carboxylic acids is 1. The normalized spacial score (nSPS) is 11.1. The predicted molar refractivity (Wildman–Crippen MR) is 105 cm³/mol. The van der Waals surface area contributed by atoms with Crippen molar-refractivity contribution >= 4 is 39.3 Å². The van der Waals surface area contributed by atoms with E-state index < -0.39 is 5.97 Å². The maximum absolute atomic E-state index is 10.7. The first-order valence-corrected chi connectivity index (χ1v) is 10.1. The minimum atomic E-state index is -0.753. The number of fused-ring (bicyclic) bond motifs is 1. The molecule has 0 amide bonds. The number of hydrogen-bond donors (Lipinski definition) is 1. The third-order valence-electron chi connectivity index (χ3n) is 4.05. The van der Waals surface area contributed by atoms with E-state index in [0.29, 0.717) is 6.42 Å². The van der Waals surface area contributed by atoms with Crippen LogP contribution in [-0.4, -0.2) is 26.8 Å². The van der Waals surface area contributed by atoms with E-state index >= 15 is 0 Å². The first-order valence-electron chi connectivity index (χ1n) is 8.28. The summed E-state index contributed by atoms with van der Waals surface area (Å²) in [5.74, 6) is -0.0156. The minimum Gasteiger partial charge on any atom is -0.481 e. The monoisotopic (exact) mass is 372 g/mol. The van der Waals surface area contributed by atoms with Gasteiger partial charge in [-0.2, -0.15) is 0 Å². The highest BCUT2D eigenvalue weighted by atomic mass is 32.2. The van der Waals surface area contributed by atoms with Gasteiger partial charge in [0.1, 0.15) is 16.2 Å². The Morgan fingerprint density at radius 2 is 2.00 bits per heavy atom. The Kier molecular flexibility index (Phi) is 5.71. The second-order valence-corrected chi connectivity index (χ2v) is 8.08. The van der Waals surface area contributed by atoms with Crippen LogP contribution in [0.1, 0.15) is 30.2 Å². The van der Waals surface area contributed by atoms with Crippen molar-refractivity contribution in [1.82, 2.24) is 9.97 Å². The molecule has 0 bridgehead atoms. The highest BCUT2D eigenvalue weighted by Crippen LogP contribution is 2.41. The van der Waals surface area contributed by atoms with Gasteiger partial charge >= 0.3 is 5.97 Å². The molecule has 3 aromatic rings. The van der Waals surface area contributed by atoms with Crippen molar-refractivity contribution in [3.8, 4) is 11.1 Å². The standard InChI is InChI=1S/C19H20N2O2S2/c1-3-13-6-8-14(9-7-13)16-12(2)25-19-17(16)18(20-11-21-19)24-10-4-5-15(22)23/h6-9,11H,3-5,10H2,1-2H3,(H,22,23). The summed E-state index contributed by atoms with van der Waals surface area (Å²) in [4.78, 5) is 21.8. The van der Waals surface area contributed by atoms with Crippen molar-refractivity contribution in [1.29, 1.82) is 0 Å². The van der Waals surface area contributed by atoms with Gasteiger partial charge in [-0.05, 0) is 30.9 Å². The van der Waals surface area contributed by atoms with Gasteiger partial charge in [0.2, 0.25) is 0 Å². The van der Waals surface area contributed by atoms with Crippen LogP contribution in [0.4, 0.5) is 0 Å². The van der Waals surface area contributed by atoms with Gasteiger partial charge in [0, 0.05) is 22.6 Å². The van der Waals surface area contributed by atoms with Crippen LogP contribution in [0.2, 0.25) is 0 Å². The van der Waals surface area contributed by atoms with Gasteiger partial charge in [-0.3, -0.25) is 4.79 Å². The number of aliphatic carboxylic acids is 1. The summed E-state index contributed by atoms with van der Waals surface area (Å²) in [5, 5.41) is 10.8. The Balaban J connectivity index is 1.97. The van der Waals surface area contributed by atoms with Crippen LogP contribution < -0.4 is 0 Å². The lowest BCUT2D eigenvalue weighted by Crippen LogP contribution is -1.95. The van der Waals surface area contributed by atoms with E-state index in [9.17, 15) is 4.79 Å². The second kappa shape index (κ2) is 7.97. The number of thiophene rings is 1. The lowest BCUT2D eigenvalue weighted by atomic mass is 10.0. The van der Waals surface area contributed by atoms with Gasteiger partial charge in [0.15, 0.2) is 0 Å². The summed E-state index contributed by atoms with van der Waals surface area (Å²) >= 11 is 3.30. The Morgan fingerprint density at radius 3 is 2.68 bits per heavy atom. The van der Waals surface area contributed by atoms with Crippen LogP contribution in [0.5, 0.6) is 0 Å². The molecule has 0 radical (unpaired) electrons. The molecule has 1 aromatic carbocycles. The number of rotatable bonds is 7. The zero-order valence-electron chi connectivity index (χ0n) is 14.3. The van der Waals surface area contributed by atoms with Crippen LogP contribution in [0.3, 0.4) is 0 Å². The number of benzene rings is 1. The Morgan fingerprint density at radius 1 is 1.24 bits per heavy atom. The molecular weight excluding hydrogens is 352 g/mol. The molecule has 25 heavy (non-hydrogen) atoms. The minimum absolute atomic E-state index is 0.190. The molecule has 0 aliphatic rings. The largest absolute Gasteiger partial charge is 0.481 e. The number of thioether (sulfide) groups is 1. The quantitative estimate of drug-likeness (QED) is 0.351. The van der Waals surface area contributed by atoms with E-state index in [1.165, 1.54) is 21.6 Å². The first kappa shape index (κ1) is 17.9. The molecule has 0 saturated carbocycles. The fourth-order valence-corrected chi connectivity index (χ4v) is 4.80. The number of hydrogen-bond acceptors (Lipinski definition) is 5. The van der Waals surface area contributed by atoms with E-state index in [2.05, 4.69) is 48.1 Å². The molecule has 0 spiro atoms. The van der Waals surface area contributed by atoms with E-state index in [0.717, 1.165) is 27.4 Å².